The van der Waals surface area contributed by atoms with Gasteiger partial charge in [-0.25, -0.2) is 9.67 Å². The van der Waals surface area contributed by atoms with Crippen molar-refractivity contribution in [3.8, 4) is 11.4 Å². The van der Waals surface area contributed by atoms with E-state index in [4.69, 9.17) is 40.5 Å². The van der Waals surface area contributed by atoms with E-state index in [-0.39, 0.29) is 11.8 Å². The van der Waals surface area contributed by atoms with E-state index in [1.807, 2.05) is 40.4 Å². The summed E-state index contributed by atoms with van der Waals surface area (Å²) in [6.07, 6.45) is 3.28. The molecule has 10 heteroatoms. The molecule has 0 spiro atoms. The quantitative estimate of drug-likeness (QED) is 0.486. The predicted molar refractivity (Wildman–Crippen MR) is 129 cm³/mol. The van der Waals surface area contributed by atoms with Crippen LogP contribution in [0.5, 0.6) is 0 Å². The highest BCUT2D eigenvalue weighted by atomic mass is 35.5. The molecule has 1 aliphatic rings. The van der Waals surface area contributed by atoms with E-state index >= 15 is 0 Å². The van der Waals surface area contributed by atoms with E-state index in [0.29, 0.717) is 33.8 Å². The second-order valence-corrected chi connectivity index (χ2v) is 9.00. The van der Waals surface area contributed by atoms with E-state index in [1.165, 1.54) is 6.20 Å². The number of benzene rings is 1. The van der Waals surface area contributed by atoms with Crippen LogP contribution in [0.4, 0.5) is 5.82 Å². The zero-order valence-electron chi connectivity index (χ0n) is 17.7. The van der Waals surface area contributed by atoms with Crippen LogP contribution in [0, 0.1) is 10.7 Å². The molecule has 3 heterocycles. The van der Waals surface area contributed by atoms with Crippen molar-refractivity contribution < 1.29 is 4.79 Å². The lowest BCUT2D eigenvalue weighted by Gasteiger charge is -2.31. The minimum Gasteiger partial charge on any atom is -0.310 e. The minimum atomic E-state index is -0.126. The summed E-state index contributed by atoms with van der Waals surface area (Å²) >= 11 is 17.6. The number of anilines is 1. The van der Waals surface area contributed by atoms with Gasteiger partial charge in [0.1, 0.15) is 5.82 Å². The maximum absolute atomic E-state index is 12.8. The topological polar surface area (TPSA) is 68.0 Å². The van der Waals surface area contributed by atoms with Gasteiger partial charge in [-0.3, -0.25) is 9.69 Å². The Bertz CT molecular complexity index is 1140. The van der Waals surface area contributed by atoms with Gasteiger partial charge in [-0.1, -0.05) is 23.2 Å². The first-order valence-electron chi connectivity index (χ1n) is 10.5. The van der Waals surface area contributed by atoms with Crippen LogP contribution < -0.4 is 5.32 Å². The van der Waals surface area contributed by atoms with Crippen LogP contribution in [0.25, 0.3) is 11.4 Å². The van der Waals surface area contributed by atoms with Gasteiger partial charge in [-0.05, 0) is 74.9 Å². The molecule has 0 saturated carbocycles. The highest BCUT2D eigenvalue weighted by Gasteiger charge is 2.27. The monoisotopic (exact) mass is 490 g/mol. The third-order valence-corrected chi connectivity index (χ3v) is 6.44. The Morgan fingerprint density at radius 3 is 2.62 bits per heavy atom. The molecule has 0 radical (unpaired) electrons. The molecule has 1 fully saturated rings. The minimum absolute atomic E-state index is 0.0333. The molecular weight excluding hydrogens is 467 g/mol. The molecule has 4 rings (SSSR count). The smallest absolute Gasteiger partial charge is 0.229 e. The van der Waals surface area contributed by atoms with E-state index in [0.717, 1.165) is 37.3 Å². The summed E-state index contributed by atoms with van der Waals surface area (Å²) in [5.41, 5.74) is 0.965. The second-order valence-electron chi connectivity index (χ2n) is 7.77. The van der Waals surface area contributed by atoms with Gasteiger partial charge in [-0.15, -0.1) is 0 Å². The molecule has 1 aliphatic heterocycles. The average Bonchev–Trinajstić information content (AvgIpc) is 3.11. The van der Waals surface area contributed by atoms with E-state index < -0.39 is 0 Å². The van der Waals surface area contributed by atoms with Crippen molar-refractivity contribution in [2.24, 2.45) is 5.92 Å². The summed E-state index contributed by atoms with van der Waals surface area (Å²) in [5, 5.41) is 8.89. The molecule has 2 aromatic heterocycles. The molecular formula is C22H24Cl2N6OS. The molecule has 0 bridgehead atoms. The molecule has 3 aromatic rings. The maximum atomic E-state index is 12.8. The van der Waals surface area contributed by atoms with Gasteiger partial charge in [0.25, 0.3) is 0 Å². The van der Waals surface area contributed by atoms with Crippen molar-refractivity contribution in [2.45, 2.75) is 33.0 Å². The Labute approximate surface area is 202 Å². The third-order valence-electron chi connectivity index (χ3n) is 5.53. The molecule has 168 valence electrons. The van der Waals surface area contributed by atoms with Crippen LogP contribution in [0.1, 0.15) is 19.8 Å². The molecule has 1 N–H and O–H groups in total. The molecule has 1 aromatic carbocycles. The number of rotatable bonds is 6. The van der Waals surface area contributed by atoms with Crippen LogP contribution in [-0.2, 0) is 18.0 Å². The first-order valence-corrected chi connectivity index (χ1v) is 11.7. The van der Waals surface area contributed by atoms with Crippen LogP contribution in [0.3, 0.4) is 0 Å². The lowest BCUT2D eigenvalue weighted by molar-refractivity contribution is -0.121. The number of amides is 1. The van der Waals surface area contributed by atoms with Crippen molar-refractivity contribution in [1.82, 2.24) is 24.2 Å². The van der Waals surface area contributed by atoms with Crippen LogP contribution in [0.15, 0.2) is 42.6 Å². The van der Waals surface area contributed by atoms with Gasteiger partial charge in [0, 0.05) is 29.9 Å². The SMILES string of the molecule is CCn1c(-c2ccc(Cl)cc2)nn(CN2CCCC(C(=O)Nc3ccc(Cl)cn3)C2)c1=S. The first kappa shape index (κ1) is 22.9. The number of halogens is 2. The van der Waals surface area contributed by atoms with Crippen LogP contribution in [-0.4, -0.2) is 43.2 Å². The lowest BCUT2D eigenvalue weighted by atomic mass is 9.97. The van der Waals surface area contributed by atoms with Gasteiger partial charge in [0.2, 0.25) is 5.91 Å². The molecule has 1 atom stereocenters. The summed E-state index contributed by atoms with van der Waals surface area (Å²) in [6.45, 7) is 4.83. The van der Waals surface area contributed by atoms with Gasteiger partial charge < -0.3 is 9.88 Å². The highest BCUT2D eigenvalue weighted by Crippen LogP contribution is 2.23. The molecule has 1 amide bonds. The van der Waals surface area contributed by atoms with E-state index in [9.17, 15) is 4.79 Å². The van der Waals surface area contributed by atoms with Gasteiger partial charge >= 0.3 is 0 Å². The lowest BCUT2D eigenvalue weighted by Crippen LogP contribution is -2.41. The number of carbonyl (C=O) groups is 1. The second kappa shape index (κ2) is 10.1. The molecule has 32 heavy (non-hydrogen) atoms. The van der Waals surface area contributed by atoms with Crippen LogP contribution in [0.2, 0.25) is 10.0 Å². The first-order chi connectivity index (χ1) is 15.4. The van der Waals surface area contributed by atoms with Crippen molar-refractivity contribution >= 4 is 47.1 Å². The summed E-state index contributed by atoms with van der Waals surface area (Å²) < 4.78 is 4.51. The van der Waals surface area contributed by atoms with Crippen molar-refractivity contribution in [3.05, 3.63) is 57.4 Å². The number of nitrogens with zero attached hydrogens (tertiary/aromatic N) is 5. The summed E-state index contributed by atoms with van der Waals surface area (Å²) in [4.78, 5) is 19.1. The largest absolute Gasteiger partial charge is 0.310 e. The van der Waals surface area contributed by atoms with Gasteiger partial charge in [0.05, 0.1) is 17.6 Å². The van der Waals surface area contributed by atoms with Crippen LogP contribution >= 0.6 is 35.4 Å². The number of likely N-dealkylation sites (tertiary alicyclic amines) is 1. The van der Waals surface area contributed by atoms with Crippen molar-refractivity contribution in [3.63, 3.8) is 0 Å². The Balaban J connectivity index is 1.46. The Morgan fingerprint density at radius 1 is 1.19 bits per heavy atom. The normalized spacial score (nSPS) is 16.8. The molecule has 7 nitrogen and oxygen atoms in total. The van der Waals surface area contributed by atoms with Gasteiger partial charge in [0.15, 0.2) is 10.6 Å². The Hall–Kier alpha value is -2.26. The molecule has 1 saturated heterocycles. The van der Waals surface area contributed by atoms with E-state index in [2.05, 4.69) is 15.2 Å². The number of hydrogen-bond donors (Lipinski definition) is 1. The standard InChI is InChI=1S/C22H24Cl2N6OS/c1-2-29-20(15-5-7-17(23)8-6-15)27-30(22(29)32)14-28-11-3-4-16(13-28)21(31)26-19-10-9-18(24)12-25-19/h5-10,12,16H,2-4,11,13-14H2,1H3,(H,25,26,31). The number of piperidine rings is 1. The van der Waals surface area contributed by atoms with Gasteiger partial charge in [-0.2, -0.15) is 5.10 Å². The summed E-state index contributed by atoms with van der Waals surface area (Å²) in [7, 11) is 0. The summed E-state index contributed by atoms with van der Waals surface area (Å²) in [6, 6.07) is 11.0. The highest BCUT2D eigenvalue weighted by molar-refractivity contribution is 7.71. The predicted octanol–water partition coefficient (Wildman–Crippen LogP) is 5.11. The average molecular weight is 491 g/mol. The number of aromatic nitrogens is 4. The summed E-state index contributed by atoms with van der Waals surface area (Å²) in [5.74, 6) is 1.16. The van der Waals surface area contributed by atoms with E-state index in [1.54, 1.807) is 12.1 Å². The third kappa shape index (κ3) is 5.20. The zero-order valence-corrected chi connectivity index (χ0v) is 20.0. The molecule has 0 aliphatic carbocycles. The Morgan fingerprint density at radius 2 is 1.94 bits per heavy atom. The zero-order chi connectivity index (χ0) is 22.7. The number of pyridine rings is 1. The maximum Gasteiger partial charge on any atom is 0.229 e. The van der Waals surface area contributed by atoms with Crippen molar-refractivity contribution in [1.29, 1.82) is 0 Å². The number of carbonyl (C=O) groups excluding carboxylic acids is 1. The fourth-order valence-electron chi connectivity index (χ4n) is 3.90. The fraction of sp³-hybridized carbons (Fsp3) is 0.364. The number of nitrogens with one attached hydrogen (secondary N) is 1. The Kier molecular flexibility index (Phi) is 7.25. The number of hydrogen-bond acceptors (Lipinski definition) is 5. The van der Waals surface area contributed by atoms with Crippen molar-refractivity contribution in [2.75, 3.05) is 18.4 Å². The fourth-order valence-corrected chi connectivity index (χ4v) is 4.45. The molecule has 1 unspecified atom stereocenters.